The van der Waals surface area contributed by atoms with Crippen molar-refractivity contribution in [2.75, 3.05) is 5.75 Å². The van der Waals surface area contributed by atoms with Gasteiger partial charge in [-0.1, -0.05) is 6.07 Å². The largest absolute Gasteiger partial charge is 0.291 e. The van der Waals surface area contributed by atoms with Gasteiger partial charge >= 0.3 is 0 Å². The molecule has 20 heavy (non-hydrogen) atoms. The lowest BCUT2D eigenvalue weighted by Gasteiger charge is -2.10. The SMILES string of the molecule is CC(C)n1ncc(Br)c1C(=O)CSc1cccc(F)c1. The van der Waals surface area contributed by atoms with Crippen LogP contribution in [0.4, 0.5) is 4.39 Å². The highest BCUT2D eigenvalue weighted by Gasteiger charge is 2.18. The Hall–Kier alpha value is -1.14. The van der Waals surface area contributed by atoms with Gasteiger partial charge in [0.1, 0.15) is 11.5 Å². The Kier molecular flexibility index (Phi) is 4.99. The minimum atomic E-state index is -0.296. The summed E-state index contributed by atoms with van der Waals surface area (Å²) in [5, 5.41) is 4.19. The quantitative estimate of drug-likeness (QED) is 0.590. The lowest BCUT2D eigenvalue weighted by Crippen LogP contribution is -2.14. The number of carbonyl (C=O) groups excluding carboxylic acids is 1. The number of benzene rings is 1. The van der Waals surface area contributed by atoms with Crippen molar-refractivity contribution < 1.29 is 9.18 Å². The van der Waals surface area contributed by atoms with Crippen LogP contribution in [0.5, 0.6) is 0 Å². The molecule has 3 nitrogen and oxygen atoms in total. The first kappa shape index (κ1) is 15.3. The molecule has 0 bridgehead atoms. The number of ketones is 1. The molecular formula is C14H14BrFN2OS. The monoisotopic (exact) mass is 356 g/mol. The summed E-state index contributed by atoms with van der Waals surface area (Å²) in [5.41, 5.74) is 0.559. The van der Waals surface area contributed by atoms with Crippen molar-refractivity contribution in [1.82, 2.24) is 9.78 Å². The molecule has 0 saturated heterocycles. The average Bonchev–Trinajstić information content (AvgIpc) is 2.78. The third-order valence-corrected chi connectivity index (χ3v) is 4.24. The van der Waals surface area contributed by atoms with E-state index in [1.54, 1.807) is 23.0 Å². The Bertz CT molecular complexity index is 627. The number of carbonyl (C=O) groups is 1. The van der Waals surface area contributed by atoms with Crippen LogP contribution in [-0.4, -0.2) is 21.3 Å². The molecule has 6 heteroatoms. The molecule has 1 aromatic carbocycles. The molecule has 2 rings (SSSR count). The summed E-state index contributed by atoms with van der Waals surface area (Å²) in [4.78, 5) is 13.0. The van der Waals surface area contributed by atoms with Gasteiger partial charge in [0.05, 0.1) is 16.4 Å². The zero-order chi connectivity index (χ0) is 14.7. The van der Waals surface area contributed by atoms with E-state index in [0.717, 1.165) is 4.90 Å². The molecule has 106 valence electrons. The standard InChI is InChI=1S/C14H14BrFN2OS/c1-9(2)18-14(12(15)7-17-18)13(19)8-20-11-5-3-4-10(16)6-11/h3-7,9H,8H2,1-2H3. The van der Waals surface area contributed by atoms with Crippen LogP contribution in [0, 0.1) is 5.82 Å². The zero-order valence-corrected chi connectivity index (χ0v) is 13.5. The topological polar surface area (TPSA) is 34.9 Å². The average molecular weight is 357 g/mol. The molecule has 0 radical (unpaired) electrons. The molecule has 0 atom stereocenters. The number of thioether (sulfide) groups is 1. The Morgan fingerprint density at radius 1 is 1.50 bits per heavy atom. The molecule has 0 unspecified atom stereocenters. The highest BCUT2D eigenvalue weighted by atomic mass is 79.9. The Balaban J connectivity index is 2.11. The van der Waals surface area contributed by atoms with E-state index < -0.39 is 0 Å². The van der Waals surface area contributed by atoms with Gasteiger partial charge in [0.15, 0.2) is 5.78 Å². The predicted molar refractivity (Wildman–Crippen MR) is 81.8 cm³/mol. The highest BCUT2D eigenvalue weighted by Crippen LogP contribution is 2.24. The first-order valence-corrected chi connectivity index (χ1v) is 7.91. The molecule has 0 amide bonds. The lowest BCUT2D eigenvalue weighted by molar-refractivity contribution is 0.101. The van der Waals surface area contributed by atoms with Gasteiger partial charge in [-0.3, -0.25) is 9.48 Å². The van der Waals surface area contributed by atoms with Crippen molar-refractivity contribution in [1.29, 1.82) is 0 Å². The molecule has 0 fully saturated rings. The van der Waals surface area contributed by atoms with Gasteiger partial charge in [-0.2, -0.15) is 5.10 Å². The maximum Gasteiger partial charge on any atom is 0.192 e. The molecule has 0 saturated carbocycles. The molecule has 0 spiro atoms. The molecule has 1 heterocycles. The van der Waals surface area contributed by atoms with Gasteiger partial charge in [0.2, 0.25) is 0 Å². The van der Waals surface area contributed by atoms with Crippen LogP contribution in [0.2, 0.25) is 0 Å². The van der Waals surface area contributed by atoms with Crippen molar-refractivity contribution in [2.45, 2.75) is 24.8 Å². The summed E-state index contributed by atoms with van der Waals surface area (Å²) in [6, 6.07) is 6.34. The normalized spacial score (nSPS) is 11.1. The second-order valence-electron chi connectivity index (χ2n) is 4.55. The van der Waals surface area contributed by atoms with Crippen LogP contribution in [0.1, 0.15) is 30.4 Å². The van der Waals surface area contributed by atoms with E-state index in [-0.39, 0.29) is 23.4 Å². The summed E-state index contributed by atoms with van der Waals surface area (Å²) in [7, 11) is 0. The highest BCUT2D eigenvalue weighted by molar-refractivity contribution is 9.10. The number of hydrogen-bond acceptors (Lipinski definition) is 3. The fourth-order valence-corrected chi connectivity index (χ4v) is 3.07. The summed E-state index contributed by atoms with van der Waals surface area (Å²) < 4.78 is 15.5. The second-order valence-corrected chi connectivity index (χ2v) is 6.45. The van der Waals surface area contributed by atoms with E-state index in [4.69, 9.17) is 0 Å². The van der Waals surface area contributed by atoms with Crippen LogP contribution >= 0.6 is 27.7 Å². The first-order valence-electron chi connectivity index (χ1n) is 6.13. The van der Waals surface area contributed by atoms with Gasteiger partial charge < -0.3 is 0 Å². The van der Waals surface area contributed by atoms with Crippen LogP contribution in [-0.2, 0) is 0 Å². The summed E-state index contributed by atoms with van der Waals surface area (Å²) in [5.74, 6) is -0.0753. The van der Waals surface area contributed by atoms with Crippen LogP contribution in [0.15, 0.2) is 39.8 Å². The smallest absolute Gasteiger partial charge is 0.192 e. The number of halogens is 2. The van der Waals surface area contributed by atoms with Crippen molar-refractivity contribution in [2.24, 2.45) is 0 Å². The maximum absolute atomic E-state index is 13.1. The van der Waals surface area contributed by atoms with Crippen LogP contribution in [0.25, 0.3) is 0 Å². The molecule has 2 aromatic rings. The molecule has 0 aliphatic carbocycles. The fourth-order valence-electron chi connectivity index (χ4n) is 1.77. The maximum atomic E-state index is 13.1. The van der Waals surface area contributed by atoms with Gasteiger partial charge in [0, 0.05) is 10.9 Å². The Labute approximate surface area is 129 Å². The molecule has 0 aliphatic heterocycles. The Morgan fingerprint density at radius 2 is 2.25 bits per heavy atom. The van der Waals surface area contributed by atoms with Gasteiger partial charge in [-0.25, -0.2) is 4.39 Å². The van der Waals surface area contributed by atoms with Crippen molar-refractivity contribution in [3.8, 4) is 0 Å². The molecule has 1 aromatic heterocycles. The van der Waals surface area contributed by atoms with E-state index in [1.165, 1.54) is 23.9 Å². The number of hydrogen-bond donors (Lipinski definition) is 0. The summed E-state index contributed by atoms with van der Waals surface area (Å²) in [6.07, 6.45) is 1.63. The van der Waals surface area contributed by atoms with Gasteiger partial charge in [0.25, 0.3) is 0 Å². The molecular weight excluding hydrogens is 343 g/mol. The Morgan fingerprint density at radius 3 is 2.90 bits per heavy atom. The minimum Gasteiger partial charge on any atom is -0.291 e. The third-order valence-electron chi connectivity index (χ3n) is 2.67. The number of Topliss-reactive ketones (excluding diaryl/α,β-unsaturated/α-hetero) is 1. The zero-order valence-electron chi connectivity index (χ0n) is 11.1. The van der Waals surface area contributed by atoms with Crippen LogP contribution in [0.3, 0.4) is 0 Å². The van der Waals surface area contributed by atoms with Crippen LogP contribution < -0.4 is 0 Å². The van der Waals surface area contributed by atoms with Crippen molar-refractivity contribution in [3.63, 3.8) is 0 Å². The number of rotatable bonds is 5. The summed E-state index contributed by atoms with van der Waals surface area (Å²) in [6.45, 7) is 3.94. The lowest BCUT2D eigenvalue weighted by atomic mass is 10.3. The van der Waals surface area contributed by atoms with E-state index in [0.29, 0.717) is 10.2 Å². The van der Waals surface area contributed by atoms with Gasteiger partial charge in [-0.15, -0.1) is 11.8 Å². The molecule has 0 aliphatic rings. The second kappa shape index (κ2) is 6.54. The third kappa shape index (κ3) is 3.49. The van der Waals surface area contributed by atoms with Crippen molar-refractivity contribution >= 4 is 33.5 Å². The number of nitrogens with zero attached hydrogens (tertiary/aromatic N) is 2. The van der Waals surface area contributed by atoms with Gasteiger partial charge in [-0.05, 0) is 48.0 Å². The number of aromatic nitrogens is 2. The fraction of sp³-hybridized carbons (Fsp3) is 0.286. The minimum absolute atomic E-state index is 0.0302. The predicted octanol–water partition coefficient (Wildman–Crippen LogP) is 4.34. The van der Waals surface area contributed by atoms with Crippen molar-refractivity contribution in [3.05, 3.63) is 46.4 Å². The summed E-state index contributed by atoms with van der Waals surface area (Å²) >= 11 is 4.67. The van der Waals surface area contributed by atoms with E-state index >= 15 is 0 Å². The molecule has 0 N–H and O–H groups in total. The van der Waals surface area contributed by atoms with E-state index in [1.807, 2.05) is 13.8 Å². The first-order chi connectivity index (χ1) is 9.49. The van der Waals surface area contributed by atoms with E-state index in [2.05, 4.69) is 21.0 Å². The van der Waals surface area contributed by atoms with E-state index in [9.17, 15) is 9.18 Å².